The van der Waals surface area contributed by atoms with Crippen molar-refractivity contribution >= 4 is 23.5 Å². The number of carbonyl (C=O) groups is 1. The Morgan fingerprint density at radius 1 is 0.943 bits per heavy atom. The summed E-state index contributed by atoms with van der Waals surface area (Å²) in [4.78, 5) is 16.1. The molecule has 0 spiro atoms. The molecule has 3 saturated heterocycles. The first-order valence-corrected chi connectivity index (χ1v) is 13.0. The van der Waals surface area contributed by atoms with Gasteiger partial charge in [0.05, 0.1) is 25.3 Å². The number of anilines is 1. The van der Waals surface area contributed by atoms with E-state index in [0.29, 0.717) is 11.6 Å². The number of thioether (sulfide) groups is 1. The maximum Gasteiger partial charge on any atom is 0.415 e. The van der Waals surface area contributed by atoms with Crippen molar-refractivity contribution in [1.82, 2.24) is 0 Å². The van der Waals surface area contributed by atoms with Gasteiger partial charge in [0.25, 0.3) is 0 Å². The van der Waals surface area contributed by atoms with E-state index in [2.05, 4.69) is 24.3 Å². The van der Waals surface area contributed by atoms with E-state index in [0.717, 1.165) is 48.4 Å². The predicted molar refractivity (Wildman–Crippen MR) is 134 cm³/mol. The van der Waals surface area contributed by atoms with Crippen molar-refractivity contribution in [2.75, 3.05) is 30.4 Å². The van der Waals surface area contributed by atoms with Gasteiger partial charge in [-0.15, -0.1) is 0 Å². The molecular weight excluding hydrogens is 466 g/mol. The zero-order valence-corrected chi connectivity index (χ0v) is 20.3. The molecule has 1 amide bonds. The number of hydrogen-bond donors (Lipinski definition) is 0. The molecule has 3 aromatic carbocycles. The van der Waals surface area contributed by atoms with Crippen LogP contribution in [0.25, 0.3) is 0 Å². The molecule has 0 aromatic heterocycles. The molecule has 3 aliphatic rings. The Hall–Kier alpha value is -2.90. The first-order valence-electron chi connectivity index (χ1n) is 12.0. The minimum absolute atomic E-state index is 0.170. The van der Waals surface area contributed by atoms with Crippen molar-refractivity contribution in [3.8, 4) is 0 Å². The van der Waals surface area contributed by atoms with Crippen LogP contribution in [0.2, 0.25) is 0 Å². The number of halogens is 2. The minimum atomic E-state index is -0.493. The van der Waals surface area contributed by atoms with Gasteiger partial charge in [-0.2, -0.15) is 0 Å². The summed E-state index contributed by atoms with van der Waals surface area (Å²) in [6, 6.07) is 22.3. The van der Waals surface area contributed by atoms with E-state index >= 15 is 0 Å². The Bertz CT molecular complexity index is 1150. The first-order chi connectivity index (χ1) is 17.0. The molecule has 0 aliphatic carbocycles. The minimum Gasteiger partial charge on any atom is -0.440 e. The van der Waals surface area contributed by atoms with Crippen molar-refractivity contribution in [3.63, 3.8) is 0 Å². The van der Waals surface area contributed by atoms with Gasteiger partial charge in [0, 0.05) is 23.7 Å². The second-order valence-electron chi connectivity index (χ2n) is 9.51. The summed E-state index contributed by atoms with van der Waals surface area (Å²) >= 11 is 1.85. The third-order valence-electron chi connectivity index (χ3n) is 7.14. The highest BCUT2D eigenvalue weighted by molar-refractivity contribution is 7.99. The molecule has 0 saturated carbocycles. The summed E-state index contributed by atoms with van der Waals surface area (Å²) in [5, 5.41) is 0. The maximum atomic E-state index is 14.0. The van der Waals surface area contributed by atoms with Gasteiger partial charge in [0.15, 0.2) is 6.10 Å². The molecule has 3 fully saturated rings. The summed E-state index contributed by atoms with van der Waals surface area (Å²) < 4.78 is 34.5. The Labute approximate surface area is 209 Å². The number of ether oxygens (including phenoxy) is 1. The van der Waals surface area contributed by atoms with Gasteiger partial charge in [-0.1, -0.05) is 48.2 Å². The van der Waals surface area contributed by atoms with E-state index in [1.165, 1.54) is 34.1 Å². The Balaban J connectivity index is 1.31. The number of quaternary nitrogens is 1. The van der Waals surface area contributed by atoms with E-state index < -0.39 is 11.9 Å². The number of nitrogens with zero attached hydrogens (tertiary/aromatic N) is 2. The summed E-state index contributed by atoms with van der Waals surface area (Å²) in [5.74, 6) is 0.530. The molecule has 0 unspecified atom stereocenters. The second kappa shape index (κ2) is 10.4. The number of rotatable bonds is 7. The van der Waals surface area contributed by atoms with Crippen molar-refractivity contribution < 1.29 is 22.8 Å². The average Bonchev–Trinajstić information content (AvgIpc) is 2.88. The molecule has 182 valence electrons. The van der Waals surface area contributed by atoms with Crippen molar-refractivity contribution in [2.45, 2.75) is 30.4 Å². The van der Waals surface area contributed by atoms with Gasteiger partial charge in [-0.05, 0) is 48.0 Å². The molecule has 0 radical (unpaired) electrons. The lowest BCUT2D eigenvalue weighted by Crippen LogP contribution is -2.64. The molecular formula is C28H29F2N2O2S+. The number of piperidine rings is 3. The lowest BCUT2D eigenvalue weighted by Gasteiger charge is -2.51. The number of benzene rings is 3. The number of amides is 1. The highest BCUT2D eigenvalue weighted by atomic mass is 32.2. The summed E-state index contributed by atoms with van der Waals surface area (Å²) in [7, 11) is 0. The molecule has 1 atom stereocenters. The largest absolute Gasteiger partial charge is 0.440 e. The Morgan fingerprint density at radius 2 is 1.69 bits per heavy atom. The topological polar surface area (TPSA) is 29.5 Å². The van der Waals surface area contributed by atoms with Gasteiger partial charge >= 0.3 is 6.09 Å². The third kappa shape index (κ3) is 5.68. The van der Waals surface area contributed by atoms with E-state index in [1.54, 1.807) is 24.3 Å². The quantitative estimate of drug-likeness (QED) is 0.278. The maximum absolute atomic E-state index is 14.0. The first kappa shape index (κ1) is 23.8. The van der Waals surface area contributed by atoms with Crippen molar-refractivity contribution in [1.29, 1.82) is 0 Å². The van der Waals surface area contributed by atoms with Crippen LogP contribution in [0.15, 0.2) is 83.8 Å². The van der Waals surface area contributed by atoms with Crippen LogP contribution in [0, 0.1) is 17.6 Å². The lowest BCUT2D eigenvalue weighted by atomic mass is 9.84. The summed E-state index contributed by atoms with van der Waals surface area (Å²) in [5.41, 5.74) is 1.16. The van der Waals surface area contributed by atoms with Crippen LogP contribution in [-0.4, -0.2) is 42.2 Å². The monoisotopic (exact) mass is 495 g/mol. The molecule has 3 aliphatic heterocycles. The Kier molecular flexibility index (Phi) is 7.07. The predicted octanol–water partition coefficient (Wildman–Crippen LogP) is 6.47. The lowest BCUT2D eigenvalue weighted by molar-refractivity contribution is -0.934. The van der Waals surface area contributed by atoms with Crippen LogP contribution in [-0.2, 0) is 11.3 Å². The SMILES string of the molecule is O=C(O[C@H]1C[N+]2(CSc3ccccc3)CCC1CC2)N(Cc1ccc(F)cc1)c1cccc(F)c1. The van der Waals surface area contributed by atoms with E-state index in [9.17, 15) is 13.6 Å². The summed E-state index contributed by atoms with van der Waals surface area (Å²) in [6.07, 6.45) is 1.40. The molecule has 3 heterocycles. The zero-order chi connectivity index (χ0) is 24.3. The molecule has 3 aromatic rings. The van der Waals surface area contributed by atoms with Crippen molar-refractivity contribution in [2.24, 2.45) is 5.92 Å². The molecule has 7 heteroatoms. The fraction of sp³-hybridized carbons (Fsp3) is 0.321. The van der Waals surface area contributed by atoms with Gasteiger partial charge in [-0.3, -0.25) is 4.90 Å². The fourth-order valence-corrected chi connectivity index (χ4v) is 6.27. The third-order valence-corrected chi connectivity index (χ3v) is 8.42. The van der Waals surface area contributed by atoms with Crippen LogP contribution < -0.4 is 4.90 Å². The molecule has 35 heavy (non-hydrogen) atoms. The van der Waals surface area contributed by atoms with Crippen LogP contribution in [0.1, 0.15) is 18.4 Å². The Morgan fingerprint density at radius 3 is 2.40 bits per heavy atom. The highest BCUT2D eigenvalue weighted by Gasteiger charge is 2.48. The normalized spacial score (nSPS) is 23.1. The van der Waals surface area contributed by atoms with Crippen LogP contribution >= 0.6 is 11.8 Å². The number of hydrogen-bond acceptors (Lipinski definition) is 3. The molecule has 4 nitrogen and oxygen atoms in total. The van der Waals surface area contributed by atoms with Gasteiger partial charge in [-0.25, -0.2) is 13.6 Å². The average molecular weight is 496 g/mol. The standard InChI is InChI=1S/C28H29F2N2O2S/c29-23-11-9-21(10-12-23)18-31(25-6-4-5-24(30)17-25)28(33)34-27-19-32(15-13-22(27)14-16-32)20-35-26-7-2-1-3-8-26/h1-12,17,22,27H,13-16,18-20H2/q+1/t22?,27-,32?/m0/s1. The highest BCUT2D eigenvalue weighted by Crippen LogP contribution is 2.38. The molecule has 2 bridgehead atoms. The summed E-state index contributed by atoms with van der Waals surface area (Å²) in [6.45, 7) is 3.16. The van der Waals surface area contributed by atoms with Gasteiger partial charge in [0.1, 0.15) is 24.1 Å². The zero-order valence-electron chi connectivity index (χ0n) is 19.5. The molecule has 6 rings (SSSR count). The molecule has 0 N–H and O–H groups in total. The second-order valence-corrected chi connectivity index (χ2v) is 10.5. The fourth-order valence-electron chi connectivity index (χ4n) is 5.13. The van der Waals surface area contributed by atoms with Gasteiger partial charge < -0.3 is 9.22 Å². The van der Waals surface area contributed by atoms with E-state index in [1.807, 2.05) is 17.8 Å². The van der Waals surface area contributed by atoms with Gasteiger partial charge in [0.2, 0.25) is 0 Å². The van der Waals surface area contributed by atoms with Crippen LogP contribution in [0.3, 0.4) is 0 Å². The van der Waals surface area contributed by atoms with E-state index in [4.69, 9.17) is 4.74 Å². The van der Waals surface area contributed by atoms with Crippen LogP contribution in [0.5, 0.6) is 0 Å². The smallest absolute Gasteiger partial charge is 0.415 e. The number of fused-ring (bicyclic) bond motifs is 3. The van der Waals surface area contributed by atoms with Crippen LogP contribution in [0.4, 0.5) is 19.3 Å². The van der Waals surface area contributed by atoms with E-state index in [-0.39, 0.29) is 18.5 Å². The van der Waals surface area contributed by atoms with Crippen molar-refractivity contribution in [3.05, 3.63) is 96.1 Å². The number of carbonyl (C=O) groups excluding carboxylic acids is 1.